The summed E-state index contributed by atoms with van der Waals surface area (Å²) in [6, 6.07) is 14.8. The molecule has 2 aromatic carbocycles. The largest absolute Gasteiger partial charge is 0.444 e. The van der Waals surface area contributed by atoms with E-state index in [1.807, 2.05) is 30.3 Å². The number of hydrogen-bond acceptors (Lipinski definition) is 5. The lowest BCUT2D eigenvalue weighted by molar-refractivity contribution is 0.155. The predicted molar refractivity (Wildman–Crippen MR) is 112 cm³/mol. The molecule has 4 rings (SSSR count). The quantitative estimate of drug-likeness (QED) is 0.811. The summed E-state index contributed by atoms with van der Waals surface area (Å²) in [5.41, 5.74) is 1.87. The molecule has 29 heavy (non-hydrogen) atoms. The van der Waals surface area contributed by atoms with Crippen LogP contribution in [0.3, 0.4) is 0 Å². The van der Waals surface area contributed by atoms with E-state index in [0.717, 1.165) is 44.8 Å². The van der Waals surface area contributed by atoms with Crippen LogP contribution in [-0.2, 0) is 11.3 Å². The van der Waals surface area contributed by atoms with Crippen molar-refractivity contribution < 1.29 is 13.9 Å². The molecule has 0 aromatic heterocycles. The molecule has 0 aliphatic carbocycles. The average molecular weight is 398 g/mol. The second-order valence-corrected chi connectivity index (χ2v) is 7.52. The van der Waals surface area contributed by atoms with Crippen LogP contribution < -0.4 is 15.5 Å². The van der Waals surface area contributed by atoms with Crippen molar-refractivity contribution in [3.63, 3.8) is 0 Å². The average Bonchev–Trinajstić information content (AvgIpc) is 3.28. The van der Waals surface area contributed by atoms with Crippen LogP contribution in [0.4, 0.5) is 20.6 Å². The lowest BCUT2D eigenvalue weighted by Crippen LogP contribution is -2.51. The fraction of sp³-hybridized carbons (Fsp3) is 0.409. The normalized spacial score (nSPS) is 19.9. The van der Waals surface area contributed by atoms with Crippen molar-refractivity contribution in [2.24, 2.45) is 0 Å². The number of hydrogen-bond donors (Lipinski definition) is 2. The molecule has 2 fully saturated rings. The van der Waals surface area contributed by atoms with Gasteiger partial charge in [0.25, 0.3) is 0 Å². The van der Waals surface area contributed by atoms with Gasteiger partial charge in [-0.2, -0.15) is 0 Å². The Morgan fingerprint density at radius 1 is 1.14 bits per heavy atom. The fourth-order valence-electron chi connectivity index (χ4n) is 4.00. The van der Waals surface area contributed by atoms with Crippen molar-refractivity contribution >= 4 is 17.5 Å². The van der Waals surface area contributed by atoms with E-state index in [0.29, 0.717) is 17.4 Å². The number of amides is 1. The molecule has 1 amide bonds. The van der Waals surface area contributed by atoms with Crippen LogP contribution in [0.2, 0.25) is 0 Å². The molecule has 2 heterocycles. The van der Waals surface area contributed by atoms with Gasteiger partial charge in [0.2, 0.25) is 0 Å². The van der Waals surface area contributed by atoms with Crippen molar-refractivity contribution in [3.8, 4) is 0 Å². The number of carbonyl (C=O) groups excluding carboxylic acids is 1. The van der Waals surface area contributed by atoms with Gasteiger partial charge < -0.3 is 15.0 Å². The minimum atomic E-state index is -0.597. The molecule has 154 valence electrons. The van der Waals surface area contributed by atoms with Gasteiger partial charge in [0.05, 0.1) is 5.69 Å². The predicted octanol–water partition coefficient (Wildman–Crippen LogP) is 3.06. The summed E-state index contributed by atoms with van der Waals surface area (Å²) in [6.45, 7) is 5.80. The van der Waals surface area contributed by atoms with E-state index < -0.39 is 6.09 Å². The van der Waals surface area contributed by atoms with Crippen molar-refractivity contribution in [2.45, 2.75) is 19.1 Å². The number of piperazine rings is 1. The topological polar surface area (TPSA) is 56.8 Å². The standard InChI is InChI=1S/C22H27FN4O2/c23-20-14-18(25-22(28)29-16-17-4-2-1-3-5-17)6-7-21(20)27-12-10-26(11-13-27)19-8-9-24-15-19/h1-7,14,19,24H,8-13,15-16H2,(H,25,28)/t19-/m1/s1. The van der Waals surface area contributed by atoms with Crippen LogP contribution in [0.25, 0.3) is 0 Å². The molecular formula is C22H27FN4O2. The first-order valence-corrected chi connectivity index (χ1v) is 10.2. The van der Waals surface area contributed by atoms with E-state index in [1.165, 1.54) is 12.5 Å². The zero-order valence-electron chi connectivity index (χ0n) is 16.4. The number of nitrogens with one attached hydrogen (secondary N) is 2. The zero-order valence-corrected chi connectivity index (χ0v) is 16.4. The van der Waals surface area contributed by atoms with Gasteiger partial charge >= 0.3 is 6.09 Å². The Morgan fingerprint density at radius 2 is 1.93 bits per heavy atom. The van der Waals surface area contributed by atoms with Crippen LogP contribution in [0.5, 0.6) is 0 Å². The van der Waals surface area contributed by atoms with Gasteiger partial charge in [0.15, 0.2) is 0 Å². The van der Waals surface area contributed by atoms with E-state index in [-0.39, 0.29) is 12.4 Å². The second-order valence-electron chi connectivity index (χ2n) is 7.52. The van der Waals surface area contributed by atoms with Crippen LogP contribution in [0.15, 0.2) is 48.5 Å². The maximum atomic E-state index is 14.7. The van der Waals surface area contributed by atoms with Crippen LogP contribution >= 0.6 is 0 Å². The minimum absolute atomic E-state index is 0.175. The van der Waals surface area contributed by atoms with E-state index >= 15 is 0 Å². The molecule has 2 aliphatic heterocycles. The van der Waals surface area contributed by atoms with Crippen molar-refractivity contribution in [2.75, 3.05) is 49.5 Å². The fourth-order valence-corrected chi connectivity index (χ4v) is 4.00. The van der Waals surface area contributed by atoms with E-state index in [1.54, 1.807) is 12.1 Å². The summed E-state index contributed by atoms with van der Waals surface area (Å²) in [6.07, 6.45) is 0.592. The maximum absolute atomic E-state index is 14.7. The highest BCUT2D eigenvalue weighted by molar-refractivity contribution is 5.85. The number of halogens is 1. The molecule has 2 aliphatic rings. The molecule has 1 atom stereocenters. The van der Waals surface area contributed by atoms with Gasteiger partial charge in [-0.3, -0.25) is 10.2 Å². The number of ether oxygens (including phenoxy) is 1. The zero-order chi connectivity index (χ0) is 20.1. The molecule has 0 bridgehead atoms. The molecule has 2 saturated heterocycles. The first-order valence-electron chi connectivity index (χ1n) is 10.2. The van der Waals surface area contributed by atoms with Gasteiger partial charge in [-0.25, -0.2) is 9.18 Å². The van der Waals surface area contributed by atoms with E-state index in [2.05, 4.69) is 20.4 Å². The number of nitrogens with zero attached hydrogens (tertiary/aromatic N) is 2. The summed E-state index contributed by atoms with van der Waals surface area (Å²) in [5.74, 6) is -0.332. The Kier molecular flexibility index (Phi) is 6.27. The molecule has 0 spiro atoms. The Morgan fingerprint density at radius 3 is 2.62 bits per heavy atom. The Hall–Kier alpha value is -2.64. The highest BCUT2D eigenvalue weighted by Crippen LogP contribution is 2.25. The second kappa shape index (κ2) is 9.24. The lowest BCUT2D eigenvalue weighted by atomic mass is 10.1. The molecular weight excluding hydrogens is 371 g/mol. The highest BCUT2D eigenvalue weighted by Gasteiger charge is 2.26. The van der Waals surface area contributed by atoms with Gasteiger partial charge in [-0.15, -0.1) is 0 Å². The Balaban J connectivity index is 1.29. The summed E-state index contributed by atoms with van der Waals surface area (Å²) in [5, 5.41) is 5.99. The van der Waals surface area contributed by atoms with Crippen molar-refractivity contribution in [1.29, 1.82) is 0 Å². The van der Waals surface area contributed by atoms with Crippen molar-refractivity contribution in [1.82, 2.24) is 10.2 Å². The number of rotatable bonds is 5. The molecule has 0 unspecified atom stereocenters. The van der Waals surface area contributed by atoms with Crippen LogP contribution in [-0.4, -0.2) is 56.3 Å². The molecule has 0 saturated carbocycles. The summed E-state index contributed by atoms with van der Waals surface area (Å²) >= 11 is 0. The third-order valence-electron chi connectivity index (χ3n) is 5.61. The first-order chi connectivity index (χ1) is 14.2. The van der Waals surface area contributed by atoms with Crippen molar-refractivity contribution in [3.05, 3.63) is 59.9 Å². The molecule has 0 radical (unpaired) electrons. The number of anilines is 2. The van der Waals surface area contributed by atoms with Gasteiger partial charge in [-0.1, -0.05) is 30.3 Å². The Bertz CT molecular complexity index is 819. The molecule has 2 N–H and O–H groups in total. The van der Waals surface area contributed by atoms with Crippen LogP contribution in [0, 0.1) is 5.82 Å². The smallest absolute Gasteiger partial charge is 0.411 e. The maximum Gasteiger partial charge on any atom is 0.411 e. The third-order valence-corrected chi connectivity index (χ3v) is 5.61. The molecule has 2 aromatic rings. The lowest BCUT2D eigenvalue weighted by Gasteiger charge is -2.39. The van der Waals surface area contributed by atoms with E-state index in [9.17, 15) is 9.18 Å². The first kappa shape index (κ1) is 19.7. The van der Waals surface area contributed by atoms with Gasteiger partial charge in [0, 0.05) is 44.5 Å². The van der Waals surface area contributed by atoms with Crippen LogP contribution in [0.1, 0.15) is 12.0 Å². The molecule has 7 heteroatoms. The molecule has 6 nitrogen and oxygen atoms in total. The minimum Gasteiger partial charge on any atom is -0.444 e. The van der Waals surface area contributed by atoms with E-state index in [4.69, 9.17) is 4.74 Å². The summed E-state index contributed by atoms with van der Waals surface area (Å²) in [7, 11) is 0. The number of benzene rings is 2. The van der Waals surface area contributed by atoms with Gasteiger partial charge in [0.1, 0.15) is 12.4 Å². The Labute approximate surface area is 170 Å². The monoisotopic (exact) mass is 398 g/mol. The summed E-state index contributed by atoms with van der Waals surface area (Å²) in [4.78, 5) is 16.5. The SMILES string of the molecule is O=C(Nc1ccc(N2CCN([C@@H]3CCNC3)CC2)c(F)c1)OCc1ccccc1. The number of carbonyl (C=O) groups is 1. The third kappa shape index (κ3) is 5.05. The summed E-state index contributed by atoms with van der Waals surface area (Å²) < 4.78 is 19.9. The van der Waals surface area contributed by atoms with Gasteiger partial charge in [-0.05, 0) is 36.7 Å². The highest BCUT2D eigenvalue weighted by atomic mass is 19.1.